The molecule has 0 saturated carbocycles. The molecular weight excluding hydrogens is 885 g/mol. The first-order chi connectivity index (χ1) is 35.6. The van der Waals surface area contributed by atoms with Crippen LogP contribution in [0, 0.1) is 0 Å². The molecule has 0 aromatic rings. The van der Waals surface area contributed by atoms with Crippen LogP contribution in [-0.2, 0) is 23.8 Å². The molecule has 5 heteroatoms. The topological polar surface area (TPSA) is 61.8 Å². The van der Waals surface area contributed by atoms with Crippen LogP contribution in [0.3, 0.4) is 0 Å². The van der Waals surface area contributed by atoms with Crippen LogP contribution in [0.15, 0.2) is 146 Å². The Labute approximate surface area is 444 Å². The van der Waals surface area contributed by atoms with Gasteiger partial charge in [-0.15, -0.1) is 0 Å². The van der Waals surface area contributed by atoms with E-state index in [2.05, 4.69) is 167 Å². The van der Waals surface area contributed by atoms with Gasteiger partial charge in [0.2, 0.25) is 0 Å². The average molecular weight is 994 g/mol. The van der Waals surface area contributed by atoms with Crippen LogP contribution in [0.25, 0.3) is 0 Å². The highest BCUT2D eigenvalue weighted by Gasteiger charge is 2.17. The summed E-state index contributed by atoms with van der Waals surface area (Å²) >= 11 is 0. The first-order valence-electron chi connectivity index (χ1n) is 29.4. The lowest BCUT2D eigenvalue weighted by Gasteiger charge is -2.18. The van der Waals surface area contributed by atoms with Crippen molar-refractivity contribution in [3.8, 4) is 0 Å². The fourth-order valence-electron chi connectivity index (χ4n) is 7.60. The standard InChI is InChI=1S/C67H108O5/c1-4-7-10-13-16-19-22-25-28-31-33-35-38-41-44-47-50-53-56-59-62-70-63-65(72-67(69)61-58-55-52-49-46-43-40-36-30-27-24-21-18-15-12-9-6-3)64-71-66(68)60-57-54-51-48-45-42-39-37-34-32-29-26-23-20-17-14-11-8-5-2/h7-12,16-21,25-30,33-35,37,40,43,65H,4-6,13-15,22-24,31-32,36,38-39,41-42,44-64H2,1-3H3/b10-7-,11-8-,12-9-,19-16-,20-17-,21-18-,28-25-,29-26-,30-27-,35-33-,37-34-,43-40-. The second-order valence-electron chi connectivity index (χ2n) is 18.7. The van der Waals surface area contributed by atoms with E-state index < -0.39 is 6.10 Å². The van der Waals surface area contributed by atoms with E-state index in [0.717, 1.165) is 154 Å². The number of carbonyl (C=O) groups is 2. The number of hydrogen-bond donors (Lipinski definition) is 0. The van der Waals surface area contributed by atoms with Gasteiger partial charge in [-0.3, -0.25) is 9.59 Å². The first kappa shape index (κ1) is 67.8. The van der Waals surface area contributed by atoms with Crippen LogP contribution in [0.5, 0.6) is 0 Å². The van der Waals surface area contributed by atoms with Crippen molar-refractivity contribution in [2.45, 2.75) is 245 Å². The normalized spacial score (nSPS) is 13.3. The number of carbonyl (C=O) groups excluding carboxylic acids is 2. The molecule has 0 spiro atoms. The van der Waals surface area contributed by atoms with Crippen molar-refractivity contribution in [3.63, 3.8) is 0 Å². The molecule has 0 bridgehead atoms. The van der Waals surface area contributed by atoms with Gasteiger partial charge in [0.1, 0.15) is 6.61 Å². The number of ether oxygens (including phenoxy) is 3. The van der Waals surface area contributed by atoms with Gasteiger partial charge in [-0.05, 0) is 135 Å². The smallest absolute Gasteiger partial charge is 0.306 e. The van der Waals surface area contributed by atoms with E-state index in [1.807, 2.05) is 0 Å². The highest BCUT2D eigenvalue weighted by atomic mass is 16.6. The summed E-state index contributed by atoms with van der Waals surface area (Å²) in [6.07, 6.45) is 88.7. The van der Waals surface area contributed by atoms with Gasteiger partial charge in [-0.2, -0.15) is 0 Å². The number of rotatable bonds is 52. The van der Waals surface area contributed by atoms with Gasteiger partial charge in [0, 0.05) is 19.4 Å². The summed E-state index contributed by atoms with van der Waals surface area (Å²) in [4.78, 5) is 25.6. The quantitative estimate of drug-likeness (QED) is 0.0345. The van der Waals surface area contributed by atoms with Crippen molar-refractivity contribution in [2.24, 2.45) is 0 Å². The molecule has 0 N–H and O–H groups in total. The van der Waals surface area contributed by atoms with Crippen molar-refractivity contribution >= 4 is 11.9 Å². The molecule has 0 aliphatic rings. The lowest BCUT2D eigenvalue weighted by molar-refractivity contribution is -0.163. The summed E-state index contributed by atoms with van der Waals surface area (Å²) in [6.45, 7) is 7.42. The molecule has 1 atom stereocenters. The van der Waals surface area contributed by atoms with Crippen molar-refractivity contribution in [2.75, 3.05) is 19.8 Å². The highest BCUT2D eigenvalue weighted by molar-refractivity contribution is 5.70. The zero-order valence-electron chi connectivity index (χ0n) is 46.6. The fraction of sp³-hybridized carbons (Fsp3) is 0.612. The zero-order chi connectivity index (χ0) is 52.0. The van der Waals surface area contributed by atoms with Gasteiger partial charge in [-0.1, -0.05) is 237 Å². The molecule has 0 heterocycles. The Bertz CT molecular complexity index is 1540. The Kier molecular flexibility index (Phi) is 57.5. The van der Waals surface area contributed by atoms with Crippen LogP contribution in [0.1, 0.15) is 239 Å². The van der Waals surface area contributed by atoms with Gasteiger partial charge in [-0.25, -0.2) is 0 Å². The minimum Gasteiger partial charge on any atom is -0.462 e. The third-order valence-corrected chi connectivity index (χ3v) is 11.9. The summed E-state index contributed by atoms with van der Waals surface area (Å²) < 4.78 is 17.5. The maximum Gasteiger partial charge on any atom is 0.306 e. The molecule has 406 valence electrons. The zero-order valence-corrected chi connectivity index (χ0v) is 46.6. The van der Waals surface area contributed by atoms with Gasteiger partial charge in [0.25, 0.3) is 0 Å². The monoisotopic (exact) mass is 993 g/mol. The lowest BCUT2D eigenvalue weighted by Crippen LogP contribution is -2.30. The molecule has 0 amide bonds. The van der Waals surface area contributed by atoms with Gasteiger partial charge in [0.05, 0.1) is 6.61 Å². The van der Waals surface area contributed by atoms with E-state index in [1.54, 1.807) is 0 Å². The van der Waals surface area contributed by atoms with Crippen molar-refractivity contribution in [1.82, 2.24) is 0 Å². The van der Waals surface area contributed by atoms with Gasteiger partial charge >= 0.3 is 11.9 Å². The van der Waals surface area contributed by atoms with Crippen LogP contribution in [-0.4, -0.2) is 37.9 Å². The third kappa shape index (κ3) is 58.4. The van der Waals surface area contributed by atoms with E-state index in [-0.39, 0.29) is 25.2 Å². The Morgan fingerprint density at radius 1 is 0.306 bits per heavy atom. The van der Waals surface area contributed by atoms with Crippen LogP contribution in [0.4, 0.5) is 0 Å². The molecule has 72 heavy (non-hydrogen) atoms. The molecule has 0 radical (unpaired) electrons. The van der Waals surface area contributed by atoms with E-state index in [4.69, 9.17) is 14.2 Å². The first-order valence-corrected chi connectivity index (χ1v) is 29.4. The summed E-state index contributed by atoms with van der Waals surface area (Å²) in [5, 5.41) is 0. The molecule has 1 unspecified atom stereocenters. The maximum atomic E-state index is 12.9. The SMILES string of the molecule is CC/C=C\C/C=C\C/C=C\C/C=C\CCCCCCCCCOCC(COC(=O)CCCCCCCC/C=C\C/C=C\C/C=C\C/C=C\CC)OC(=O)CCCCCC/C=C\C/C=C\C/C=C\C/C=C\CC. The largest absolute Gasteiger partial charge is 0.462 e. The molecule has 0 rings (SSSR count). The van der Waals surface area contributed by atoms with Crippen molar-refractivity contribution < 1.29 is 23.8 Å². The molecule has 0 fully saturated rings. The molecular formula is C67H108O5. The number of esters is 2. The second kappa shape index (κ2) is 61.1. The van der Waals surface area contributed by atoms with Gasteiger partial charge < -0.3 is 14.2 Å². The summed E-state index contributed by atoms with van der Waals surface area (Å²) in [7, 11) is 0. The molecule has 0 saturated heterocycles. The number of unbranched alkanes of at least 4 members (excludes halogenated alkanes) is 17. The third-order valence-electron chi connectivity index (χ3n) is 11.9. The predicted octanol–water partition coefficient (Wildman–Crippen LogP) is 20.5. The second-order valence-corrected chi connectivity index (χ2v) is 18.7. The van der Waals surface area contributed by atoms with Crippen molar-refractivity contribution in [3.05, 3.63) is 146 Å². The Balaban J connectivity index is 4.41. The van der Waals surface area contributed by atoms with Crippen LogP contribution in [0.2, 0.25) is 0 Å². The van der Waals surface area contributed by atoms with Gasteiger partial charge in [0.15, 0.2) is 6.10 Å². The summed E-state index contributed by atoms with van der Waals surface area (Å²) in [5.41, 5.74) is 0. The molecule has 0 aromatic heterocycles. The van der Waals surface area contributed by atoms with E-state index in [0.29, 0.717) is 19.4 Å². The maximum absolute atomic E-state index is 12.9. The van der Waals surface area contributed by atoms with E-state index >= 15 is 0 Å². The minimum atomic E-state index is -0.574. The predicted molar refractivity (Wildman–Crippen MR) is 315 cm³/mol. The lowest BCUT2D eigenvalue weighted by atomic mass is 10.1. The minimum absolute atomic E-state index is 0.0532. The van der Waals surface area contributed by atoms with Crippen LogP contribution < -0.4 is 0 Å². The molecule has 0 aliphatic carbocycles. The number of allylic oxidation sites excluding steroid dienone is 24. The Morgan fingerprint density at radius 2 is 0.583 bits per heavy atom. The molecule has 0 aromatic carbocycles. The Hall–Kier alpha value is -4.22. The van der Waals surface area contributed by atoms with Crippen molar-refractivity contribution in [1.29, 1.82) is 0 Å². The Morgan fingerprint density at radius 3 is 0.931 bits per heavy atom. The van der Waals surface area contributed by atoms with Crippen LogP contribution >= 0.6 is 0 Å². The molecule has 5 nitrogen and oxygen atoms in total. The molecule has 0 aliphatic heterocycles. The number of hydrogen-bond acceptors (Lipinski definition) is 5. The highest BCUT2D eigenvalue weighted by Crippen LogP contribution is 2.13. The van der Waals surface area contributed by atoms with E-state index in [1.165, 1.54) is 51.4 Å². The fourth-order valence-corrected chi connectivity index (χ4v) is 7.60. The summed E-state index contributed by atoms with van der Waals surface area (Å²) in [6, 6.07) is 0. The average Bonchev–Trinajstić information content (AvgIpc) is 3.38. The van der Waals surface area contributed by atoms with E-state index in [9.17, 15) is 9.59 Å². The summed E-state index contributed by atoms with van der Waals surface area (Å²) in [5.74, 6) is -0.454.